The third-order valence-electron chi connectivity index (χ3n) is 3.62. The predicted molar refractivity (Wildman–Crippen MR) is 99.2 cm³/mol. The molecule has 0 saturated heterocycles. The zero-order valence-corrected chi connectivity index (χ0v) is 14.0. The van der Waals surface area contributed by atoms with Crippen LogP contribution in [0.4, 0.5) is 10.5 Å². The lowest BCUT2D eigenvalue weighted by atomic mass is 10.1. The molecule has 0 aliphatic rings. The van der Waals surface area contributed by atoms with E-state index in [1.807, 2.05) is 67.6 Å². The molecule has 0 atom stereocenters. The van der Waals surface area contributed by atoms with E-state index >= 15 is 0 Å². The van der Waals surface area contributed by atoms with Crippen molar-refractivity contribution in [2.75, 3.05) is 18.7 Å². The molecule has 5 nitrogen and oxygen atoms in total. The Bertz CT molecular complexity index is 864. The molecule has 0 heterocycles. The number of nitrogens with one attached hydrogen (secondary N) is 2. The van der Waals surface area contributed by atoms with Gasteiger partial charge in [-0.3, -0.25) is 0 Å². The van der Waals surface area contributed by atoms with E-state index < -0.39 is 0 Å². The normalized spacial score (nSPS) is 10.3. The van der Waals surface area contributed by atoms with Crippen LogP contribution in [0.25, 0.3) is 10.8 Å². The lowest BCUT2D eigenvalue weighted by molar-refractivity contribution is 0.229. The average molecular weight is 336 g/mol. The highest BCUT2D eigenvalue weighted by molar-refractivity contribution is 5.93. The van der Waals surface area contributed by atoms with Crippen LogP contribution in [-0.4, -0.2) is 19.4 Å². The van der Waals surface area contributed by atoms with Gasteiger partial charge in [-0.2, -0.15) is 0 Å². The maximum atomic E-state index is 12.0. The third-order valence-corrected chi connectivity index (χ3v) is 3.62. The van der Waals surface area contributed by atoms with Gasteiger partial charge in [0.2, 0.25) is 0 Å². The van der Waals surface area contributed by atoms with Crippen LogP contribution < -0.4 is 20.1 Å². The molecule has 2 amide bonds. The van der Waals surface area contributed by atoms with Crippen LogP contribution >= 0.6 is 0 Å². The van der Waals surface area contributed by atoms with Crippen LogP contribution in [0, 0.1) is 0 Å². The zero-order valence-electron chi connectivity index (χ0n) is 14.0. The number of hydrogen-bond donors (Lipinski definition) is 2. The van der Waals surface area contributed by atoms with E-state index in [-0.39, 0.29) is 12.8 Å². The molecule has 3 aromatic carbocycles. The SMILES string of the molecule is CCOc1ccccc1OCNC(=O)Nc1ccc2ccccc2c1. The summed E-state index contributed by atoms with van der Waals surface area (Å²) in [7, 11) is 0. The van der Waals surface area contributed by atoms with Crippen molar-refractivity contribution in [2.24, 2.45) is 0 Å². The number of rotatable bonds is 6. The van der Waals surface area contributed by atoms with Crippen LogP contribution in [0.1, 0.15) is 6.92 Å². The molecule has 25 heavy (non-hydrogen) atoms. The summed E-state index contributed by atoms with van der Waals surface area (Å²) in [6, 6.07) is 20.8. The summed E-state index contributed by atoms with van der Waals surface area (Å²) < 4.78 is 11.0. The highest BCUT2D eigenvalue weighted by Crippen LogP contribution is 2.26. The smallest absolute Gasteiger partial charge is 0.321 e. The molecule has 0 fully saturated rings. The molecule has 3 aromatic rings. The molecule has 0 aliphatic heterocycles. The monoisotopic (exact) mass is 336 g/mol. The van der Waals surface area contributed by atoms with Crippen molar-refractivity contribution in [3.63, 3.8) is 0 Å². The van der Waals surface area contributed by atoms with Gasteiger partial charge in [0.1, 0.15) is 0 Å². The molecular formula is C20H20N2O3. The summed E-state index contributed by atoms with van der Waals surface area (Å²) in [6.45, 7) is 2.51. The van der Waals surface area contributed by atoms with E-state index in [1.165, 1.54) is 0 Å². The van der Waals surface area contributed by atoms with Crippen LogP contribution in [0.5, 0.6) is 11.5 Å². The van der Waals surface area contributed by atoms with Crippen LogP contribution in [0.15, 0.2) is 66.7 Å². The van der Waals surface area contributed by atoms with Gasteiger partial charge in [0.15, 0.2) is 18.2 Å². The number of amides is 2. The summed E-state index contributed by atoms with van der Waals surface area (Å²) in [5.74, 6) is 1.25. The summed E-state index contributed by atoms with van der Waals surface area (Å²) in [6.07, 6.45) is 0. The molecule has 0 aliphatic carbocycles. The molecule has 3 rings (SSSR count). The molecule has 0 spiro atoms. The van der Waals surface area contributed by atoms with E-state index in [0.29, 0.717) is 18.1 Å². The Kier molecular flexibility index (Phi) is 5.36. The number of para-hydroxylation sites is 2. The molecule has 0 bridgehead atoms. The quantitative estimate of drug-likeness (QED) is 0.656. The Morgan fingerprint density at radius 2 is 1.56 bits per heavy atom. The fraction of sp³-hybridized carbons (Fsp3) is 0.150. The highest BCUT2D eigenvalue weighted by atomic mass is 16.5. The first-order valence-electron chi connectivity index (χ1n) is 8.14. The van der Waals surface area contributed by atoms with Gasteiger partial charge >= 0.3 is 6.03 Å². The Hall–Kier alpha value is -3.21. The Morgan fingerprint density at radius 3 is 2.32 bits per heavy atom. The van der Waals surface area contributed by atoms with Crippen molar-refractivity contribution in [1.29, 1.82) is 0 Å². The average Bonchev–Trinajstić information content (AvgIpc) is 2.63. The van der Waals surface area contributed by atoms with Gasteiger partial charge in [0, 0.05) is 5.69 Å². The Balaban J connectivity index is 1.54. The molecule has 0 unspecified atom stereocenters. The van der Waals surface area contributed by atoms with Crippen molar-refractivity contribution < 1.29 is 14.3 Å². The minimum atomic E-state index is -0.329. The minimum Gasteiger partial charge on any atom is -0.490 e. The van der Waals surface area contributed by atoms with E-state index in [4.69, 9.17) is 9.47 Å². The standard InChI is InChI=1S/C20H20N2O3/c1-2-24-18-9-5-6-10-19(18)25-14-21-20(23)22-17-12-11-15-7-3-4-8-16(15)13-17/h3-13H,2,14H2,1H3,(H2,21,22,23). The van der Waals surface area contributed by atoms with Gasteiger partial charge < -0.3 is 20.1 Å². The molecule has 0 saturated carbocycles. The number of hydrogen-bond acceptors (Lipinski definition) is 3. The number of carbonyl (C=O) groups excluding carboxylic acids is 1. The third kappa shape index (κ3) is 4.41. The number of fused-ring (bicyclic) bond motifs is 1. The number of carbonyl (C=O) groups is 1. The molecule has 0 aromatic heterocycles. The zero-order chi connectivity index (χ0) is 17.5. The number of anilines is 1. The summed E-state index contributed by atoms with van der Waals surface area (Å²) in [4.78, 5) is 12.0. The van der Waals surface area contributed by atoms with Crippen molar-refractivity contribution >= 4 is 22.5 Å². The van der Waals surface area contributed by atoms with Crippen molar-refractivity contribution in [3.05, 3.63) is 66.7 Å². The topological polar surface area (TPSA) is 59.6 Å². The van der Waals surface area contributed by atoms with Crippen molar-refractivity contribution in [3.8, 4) is 11.5 Å². The van der Waals surface area contributed by atoms with Gasteiger partial charge in [-0.25, -0.2) is 4.79 Å². The molecule has 128 valence electrons. The van der Waals surface area contributed by atoms with E-state index in [0.717, 1.165) is 16.5 Å². The van der Waals surface area contributed by atoms with Gasteiger partial charge in [0.05, 0.1) is 6.61 Å². The van der Waals surface area contributed by atoms with Crippen molar-refractivity contribution in [2.45, 2.75) is 6.92 Å². The fourth-order valence-corrected chi connectivity index (χ4v) is 2.47. The van der Waals surface area contributed by atoms with Gasteiger partial charge in [-0.05, 0) is 42.0 Å². The second-order valence-corrected chi connectivity index (χ2v) is 5.36. The molecule has 2 N–H and O–H groups in total. The number of benzene rings is 3. The number of urea groups is 1. The van der Waals surface area contributed by atoms with E-state index in [1.54, 1.807) is 6.07 Å². The maximum absolute atomic E-state index is 12.0. The minimum absolute atomic E-state index is 0.0451. The van der Waals surface area contributed by atoms with Crippen LogP contribution in [0.2, 0.25) is 0 Å². The highest BCUT2D eigenvalue weighted by Gasteiger charge is 2.05. The largest absolute Gasteiger partial charge is 0.490 e. The van der Waals surface area contributed by atoms with E-state index in [2.05, 4.69) is 10.6 Å². The Morgan fingerprint density at radius 1 is 0.880 bits per heavy atom. The maximum Gasteiger partial charge on any atom is 0.321 e. The van der Waals surface area contributed by atoms with Crippen molar-refractivity contribution in [1.82, 2.24) is 5.32 Å². The first-order chi connectivity index (χ1) is 12.3. The first-order valence-corrected chi connectivity index (χ1v) is 8.14. The lowest BCUT2D eigenvalue weighted by Crippen LogP contribution is -2.32. The van der Waals surface area contributed by atoms with Gasteiger partial charge in [0.25, 0.3) is 0 Å². The first kappa shape index (κ1) is 16.6. The second-order valence-electron chi connectivity index (χ2n) is 5.36. The molecule has 0 radical (unpaired) electrons. The summed E-state index contributed by atoms with van der Waals surface area (Å²) in [5.41, 5.74) is 0.728. The summed E-state index contributed by atoms with van der Waals surface area (Å²) >= 11 is 0. The predicted octanol–water partition coefficient (Wildman–Crippen LogP) is 4.40. The van der Waals surface area contributed by atoms with Gasteiger partial charge in [-0.1, -0.05) is 42.5 Å². The second kappa shape index (κ2) is 8.06. The van der Waals surface area contributed by atoms with Crippen LogP contribution in [-0.2, 0) is 0 Å². The fourth-order valence-electron chi connectivity index (χ4n) is 2.47. The molecular weight excluding hydrogens is 316 g/mol. The van der Waals surface area contributed by atoms with Gasteiger partial charge in [-0.15, -0.1) is 0 Å². The lowest BCUT2D eigenvalue weighted by Gasteiger charge is -2.13. The number of ether oxygens (including phenoxy) is 2. The summed E-state index contributed by atoms with van der Waals surface area (Å²) in [5, 5.41) is 7.67. The van der Waals surface area contributed by atoms with E-state index in [9.17, 15) is 4.79 Å². The Labute approximate surface area is 146 Å². The van der Waals surface area contributed by atoms with Crippen LogP contribution in [0.3, 0.4) is 0 Å². The molecule has 5 heteroatoms.